The van der Waals surface area contributed by atoms with E-state index in [0.717, 1.165) is 32.8 Å². The molecule has 21 heavy (non-hydrogen) atoms. The number of unbranched alkanes of at least 4 members (excludes halogenated alkanes) is 1. The molecule has 0 aromatic heterocycles. The number of nitrogens with one attached hydrogen (secondary N) is 1. The van der Waals surface area contributed by atoms with Gasteiger partial charge in [-0.15, -0.1) is 0 Å². The standard InChI is InChI=1S/C17H29N3O/c1-21-16-10-18-9-5-6-11-19-12-14-20(15-13-19)17-7-3-2-4-8-17/h2-4,7-8,18H,5-6,9-16H2,1H3. The largest absolute Gasteiger partial charge is 0.383 e. The number of para-hydroxylation sites is 1. The molecule has 1 aromatic carbocycles. The molecular formula is C17H29N3O. The molecule has 0 saturated carbocycles. The van der Waals surface area contributed by atoms with Gasteiger partial charge in [0.2, 0.25) is 0 Å². The second-order valence-corrected chi connectivity index (χ2v) is 5.61. The fourth-order valence-corrected chi connectivity index (χ4v) is 2.75. The minimum atomic E-state index is 0.807. The average molecular weight is 291 g/mol. The fraction of sp³-hybridized carbons (Fsp3) is 0.647. The summed E-state index contributed by atoms with van der Waals surface area (Å²) in [4.78, 5) is 5.08. The van der Waals surface area contributed by atoms with E-state index in [4.69, 9.17) is 4.74 Å². The summed E-state index contributed by atoms with van der Waals surface area (Å²) in [5.74, 6) is 0. The number of rotatable bonds is 9. The minimum absolute atomic E-state index is 0.807. The van der Waals surface area contributed by atoms with Crippen molar-refractivity contribution in [3.63, 3.8) is 0 Å². The van der Waals surface area contributed by atoms with E-state index >= 15 is 0 Å². The van der Waals surface area contributed by atoms with Crippen molar-refractivity contribution in [1.82, 2.24) is 10.2 Å². The van der Waals surface area contributed by atoms with Gasteiger partial charge < -0.3 is 15.0 Å². The van der Waals surface area contributed by atoms with Gasteiger partial charge in [-0.05, 0) is 38.1 Å². The summed E-state index contributed by atoms with van der Waals surface area (Å²) in [6.07, 6.45) is 2.54. The van der Waals surface area contributed by atoms with Crippen molar-refractivity contribution in [3.8, 4) is 0 Å². The van der Waals surface area contributed by atoms with Crippen molar-refractivity contribution in [3.05, 3.63) is 30.3 Å². The van der Waals surface area contributed by atoms with Crippen LogP contribution in [0.25, 0.3) is 0 Å². The number of hydrogen-bond acceptors (Lipinski definition) is 4. The Morgan fingerprint density at radius 1 is 1.00 bits per heavy atom. The summed E-state index contributed by atoms with van der Waals surface area (Å²) in [6.45, 7) is 8.78. The number of methoxy groups -OCH3 is 1. The lowest BCUT2D eigenvalue weighted by Crippen LogP contribution is -2.46. The van der Waals surface area contributed by atoms with Crippen LogP contribution in [0.15, 0.2) is 30.3 Å². The zero-order valence-electron chi connectivity index (χ0n) is 13.3. The van der Waals surface area contributed by atoms with Crippen LogP contribution in [-0.2, 0) is 4.74 Å². The molecule has 1 aliphatic heterocycles. The summed E-state index contributed by atoms with van der Waals surface area (Å²) in [5, 5.41) is 3.40. The molecule has 1 fully saturated rings. The first-order valence-corrected chi connectivity index (χ1v) is 8.12. The van der Waals surface area contributed by atoms with Crippen molar-refractivity contribution in [2.45, 2.75) is 12.8 Å². The number of piperazine rings is 1. The quantitative estimate of drug-likeness (QED) is 0.703. The molecule has 118 valence electrons. The lowest BCUT2D eigenvalue weighted by molar-refractivity contribution is 0.199. The van der Waals surface area contributed by atoms with E-state index in [9.17, 15) is 0 Å². The third kappa shape index (κ3) is 6.04. The molecule has 1 aliphatic rings. The van der Waals surface area contributed by atoms with Crippen LogP contribution >= 0.6 is 0 Å². The number of hydrogen-bond donors (Lipinski definition) is 1. The van der Waals surface area contributed by atoms with Gasteiger partial charge in [0.25, 0.3) is 0 Å². The summed E-state index contributed by atoms with van der Waals surface area (Å²) in [5.41, 5.74) is 1.36. The highest BCUT2D eigenvalue weighted by Gasteiger charge is 2.16. The van der Waals surface area contributed by atoms with Crippen LogP contribution in [0.5, 0.6) is 0 Å². The zero-order chi connectivity index (χ0) is 14.8. The summed E-state index contributed by atoms with van der Waals surface area (Å²) >= 11 is 0. The molecule has 1 saturated heterocycles. The predicted octanol–water partition coefficient (Wildman–Crippen LogP) is 1.82. The Bertz CT molecular complexity index is 364. The van der Waals surface area contributed by atoms with Crippen LogP contribution in [0.4, 0.5) is 5.69 Å². The lowest BCUT2D eigenvalue weighted by Gasteiger charge is -2.36. The molecule has 1 N–H and O–H groups in total. The Labute approximate surface area is 129 Å². The van der Waals surface area contributed by atoms with Crippen LogP contribution in [0, 0.1) is 0 Å². The molecule has 0 bridgehead atoms. The van der Waals surface area contributed by atoms with Crippen molar-refractivity contribution >= 4 is 5.69 Å². The third-order valence-electron chi connectivity index (χ3n) is 4.05. The van der Waals surface area contributed by atoms with Gasteiger partial charge in [-0.25, -0.2) is 0 Å². The summed E-state index contributed by atoms with van der Waals surface area (Å²) < 4.78 is 5.01. The topological polar surface area (TPSA) is 27.7 Å². The highest BCUT2D eigenvalue weighted by molar-refractivity contribution is 5.46. The Balaban J connectivity index is 1.53. The fourth-order valence-electron chi connectivity index (χ4n) is 2.75. The molecule has 1 heterocycles. The van der Waals surface area contributed by atoms with Gasteiger partial charge in [-0.2, -0.15) is 0 Å². The molecule has 4 nitrogen and oxygen atoms in total. The monoisotopic (exact) mass is 291 g/mol. The van der Waals surface area contributed by atoms with Crippen molar-refractivity contribution in [2.75, 3.05) is 64.4 Å². The molecule has 0 unspecified atom stereocenters. The molecule has 1 aromatic rings. The Kier molecular flexibility index (Phi) is 7.57. The van der Waals surface area contributed by atoms with E-state index in [-0.39, 0.29) is 0 Å². The normalized spacial score (nSPS) is 16.3. The molecule has 0 atom stereocenters. The smallest absolute Gasteiger partial charge is 0.0587 e. The van der Waals surface area contributed by atoms with Crippen molar-refractivity contribution < 1.29 is 4.74 Å². The van der Waals surface area contributed by atoms with E-state index in [1.54, 1.807) is 7.11 Å². The molecule has 0 radical (unpaired) electrons. The van der Waals surface area contributed by atoms with Gasteiger partial charge in [-0.1, -0.05) is 18.2 Å². The van der Waals surface area contributed by atoms with Crippen molar-refractivity contribution in [1.29, 1.82) is 0 Å². The second kappa shape index (κ2) is 9.77. The van der Waals surface area contributed by atoms with Gasteiger partial charge in [-0.3, -0.25) is 4.90 Å². The SMILES string of the molecule is COCCNCCCCN1CCN(c2ccccc2)CC1. The van der Waals surface area contributed by atoms with Gasteiger partial charge in [0.1, 0.15) is 0 Å². The summed E-state index contributed by atoms with van der Waals surface area (Å²) in [7, 11) is 1.75. The van der Waals surface area contributed by atoms with Crippen LogP contribution < -0.4 is 10.2 Å². The highest BCUT2D eigenvalue weighted by Crippen LogP contribution is 2.15. The minimum Gasteiger partial charge on any atom is -0.383 e. The third-order valence-corrected chi connectivity index (χ3v) is 4.05. The number of nitrogens with zero attached hydrogens (tertiary/aromatic N) is 2. The van der Waals surface area contributed by atoms with Gasteiger partial charge >= 0.3 is 0 Å². The summed E-state index contributed by atoms with van der Waals surface area (Å²) in [6, 6.07) is 10.7. The Morgan fingerprint density at radius 2 is 1.76 bits per heavy atom. The maximum atomic E-state index is 5.01. The maximum absolute atomic E-state index is 5.01. The molecular weight excluding hydrogens is 262 g/mol. The molecule has 2 rings (SSSR count). The van der Waals surface area contributed by atoms with E-state index in [1.165, 1.54) is 38.2 Å². The first-order valence-electron chi connectivity index (χ1n) is 8.12. The van der Waals surface area contributed by atoms with E-state index in [1.807, 2.05) is 0 Å². The van der Waals surface area contributed by atoms with Crippen LogP contribution in [0.2, 0.25) is 0 Å². The zero-order valence-corrected chi connectivity index (χ0v) is 13.3. The molecule has 0 amide bonds. The molecule has 4 heteroatoms. The van der Waals surface area contributed by atoms with E-state index in [2.05, 4.69) is 45.4 Å². The Morgan fingerprint density at radius 3 is 2.48 bits per heavy atom. The number of anilines is 1. The molecule has 0 spiro atoms. The molecule has 0 aliphatic carbocycles. The van der Waals surface area contributed by atoms with Crippen LogP contribution in [0.1, 0.15) is 12.8 Å². The number of ether oxygens (including phenoxy) is 1. The maximum Gasteiger partial charge on any atom is 0.0587 e. The van der Waals surface area contributed by atoms with E-state index < -0.39 is 0 Å². The predicted molar refractivity (Wildman–Crippen MR) is 89.1 cm³/mol. The highest BCUT2D eigenvalue weighted by atomic mass is 16.5. The van der Waals surface area contributed by atoms with Crippen LogP contribution in [0.3, 0.4) is 0 Å². The van der Waals surface area contributed by atoms with Gasteiger partial charge in [0, 0.05) is 45.5 Å². The van der Waals surface area contributed by atoms with Gasteiger partial charge in [0.15, 0.2) is 0 Å². The van der Waals surface area contributed by atoms with Crippen molar-refractivity contribution in [2.24, 2.45) is 0 Å². The average Bonchev–Trinajstić information content (AvgIpc) is 2.55. The van der Waals surface area contributed by atoms with Gasteiger partial charge in [0.05, 0.1) is 6.61 Å². The first-order chi connectivity index (χ1) is 10.4. The second-order valence-electron chi connectivity index (χ2n) is 5.61. The Hall–Kier alpha value is -1.10. The first kappa shape index (κ1) is 16.3. The van der Waals surface area contributed by atoms with Crippen LogP contribution in [-0.4, -0.2) is 64.4 Å². The van der Waals surface area contributed by atoms with E-state index in [0.29, 0.717) is 0 Å². The lowest BCUT2D eigenvalue weighted by atomic mass is 10.2. The number of benzene rings is 1.